The lowest BCUT2D eigenvalue weighted by molar-refractivity contribution is -0.117. The van der Waals surface area contributed by atoms with Gasteiger partial charge in [0.2, 0.25) is 0 Å². The van der Waals surface area contributed by atoms with Crippen LogP contribution in [0.25, 0.3) is 0 Å². The molecule has 3 rings (SSSR count). The van der Waals surface area contributed by atoms with Gasteiger partial charge in [-0.05, 0) is 70.6 Å². The maximum atomic E-state index is 11.5. The number of hydrogen-bond donors (Lipinski definition) is 0. The van der Waals surface area contributed by atoms with Crippen molar-refractivity contribution in [3.8, 4) is 0 Å². The van der Waals surface area contributed by atoms with Crippen LogP contribution in [0.2, 0.25) is 0 Å². The lowest BCUT2D eigenvalue weighted by atomic mass is 9.86. The van der Waals surface area contributed by atoms with Gasteiger partial charge in [0.25, 0.3) is 0 Å². The molecule has 20 heavy (non-hydrogen) atoms. The van der Waals surface area contributed by atoms with Crippen molar-refractivity contribution in [3.63, 3.8) is 0 Å². The lowest BCUT2D eigenvalue weighted by Gasteiger charge is -2.37. The van der Waals surface area contributed by atoms with Crippen LogP contribution in [0.5, 0.6) is 0 Å². The molecule has 0 atom stereocenters. The molecule has 0 aromatic heterocycles. The van der Waals surface area contributed by atoms with Crippen molar-refractivity contribution < 1.29 is 4.79 Å². The molecule has 3 nitrogen and oxygen atoms in total. The van der Waals surface area contributed by atoms with Gasteiger partial charge in [-0.3, -0.25) is 0 Å². The third kappa shape index (κ3) is 3.43. The number of carbonyl (C=O) groups is 1. The number of carbonyl (C=O) groups excluding carboxylic acids is 1. The summed E-state index contributed by atoms with van der Waals surface area (Å²) in [5.74, 6) is 0.903. The van der Waals surface area contributed by atoms with Gasteiger partial charge in [-0.2, -0.15) is 0 Å². The first-order valence-electron chi connectivity index (χ1n) is 8.71. The molecule has 2 saturated heterocycles. The third-order valence-electron chi connectivity index (χ3n) is 5.81. The number of aldehydes is 1. The average molecular weight is 278 g/mol. The van der Waals surface area contributed by atoms with Gasteiger partial charge in [0, 0.05) is 18.5 Å². The molecule has 114 valence electrons. The summed E-state index contributed by atoms with van der Waals surface area (Å²) in [5, 5.41) is 0. The Morgan fingerprint density at radius 3 is 2.15 bits per heavy atom. The molecule has 0 radical (unpaired) electrons. The summed E-state index contributed by atoms with van der Waals surface area (Å²) in [6, 6.07) is 0. The number of piperidine rings is 1. The molecule has 0 N–H and O–H groups in total. The summed E-state index contributed by atoms with van der Waals surface area (Å²) >= 11 is 0. The van der Waals surface area contributed by atoms with E-state index >= 15 is 0 Å². The van der Waals surface area contributed by atoms with E-state index in [9.17, 15) is 4.79 Å². The maximum Gasteiger partial charge on any atom is 0.127 e. The first-order valence-corrected chi connectivity index (χ1v) is 8.71. The zero-order valence-corrected chi connectivity index (χ0v) is 12.9. The Morgan fingerprint density at radius 1 is 0.900 bits per heavy atom. The van der Waals surface area contributed by atoms with E-state index in [-0.39, 0.29) is 5.41 Å². The Bertz CT molecular complexity index is 311. The molecule has 0 bridgehead atoms. The van der Waals surface area contributed by atoms with Gasteiger partial charge in [-0.15, -0.1) is 0 Å². The first-order chi connectivity index (χ1) is 9.80. The summed E-state index contributed by atoms with van der Waals surface area (Å²) in [6.45, 7) is 7.45. The second-order valence-corrected chi connectivity index (χ2v) is 7.41. The van der Waals surface area contributed by atoms with Gasteiger partial charge >= 0.3 is 0 Å². The second kappa shape index (κ2) is 6.57. The van der Waals surface area contributed by atoms with Crippen LogP contribution in [-0.4, -0.2) is 55.4 Å². The molecule has 0 spiro atoms. The summed E-state index contributed by atoms with van der Waals surface area (Å²) in [5.41, 5.74) is 0.0157. The largest absolute Gasteiger partial charge is 0.303 e. The molecule has 3 heteroatoms. The molecule has 1 aliphatic carbocycles. The Kier molecular flexibility index (Phi) is 4.77. The normalized spacial score (nSPS) is 29.0. The quantitative estimate of drug-likeness (QED) is 0.722. The highest BCUT2D eigenvalue weighted by Crippen LogP contribution is 2.37. The summed E-state index contributed by atoms with van der Waals surface area (Å²) in [6.07, 6.45) is 11.5. The zero-order chi connectivity index (χ0) is 13.8. The zero-order valence-electron chi connectivity index (χ0n) is 12.9. The fourth-order valence-electron chi connectivity index (χ4n) is 4.50. The van der Waals surface area contributed by atoms with E-state index in [0.29, 0.717) is 0 Å². The predicted octanol–water partition coefficient (Wildman–Crippen LogP) is 2.55. The van der Waals surface area contributed by atoms with Crippen LogP contribution in [0.15, 0.2) is 0 Å². The fourth-order valence-corrected chi connectivity index (χ4v) is 4.50. The smallest absolute Gasteiger partial charge is 0.127 e. The van der Waals surface area contributed by atoms with Crippen molar-refractivity contribution in [1.82, 2.24) is 9.80 Å². The van der Waals surface area contributed by atoms with Crippen molar-refractivity contribution in [2.75, 3.05) is 39.3 Å². The molecule has 2 heterocycles. The average Bonchev–Trinajstić information content (AvgIpc) is 3.13. The van der Waals surface area contributed by atoms with E-state index in [0.717, 1.165) is 25.3 Å². The Morgan fingerprint density at radius 2 is 1.55 bits per heavy atom. The molecular weight excluding hydrogens is 248 g/mol. The molecule has 0 aromatic carbocycles. The van der Waals surface area contributed by atoms with E-state index in [1.54, 1.807) is 0 Å². The van der Waals surface area contributed by atoms with Gasteiger partial charge in [-0.25, -0.2) is 0 Å². The minimum Gasteiger partial charge on any atom is -0.303 e. The van der Waals surface area contributed by atoms with Crippen molar-refractivity contribution in [1.29, 1.82) is 0 Å². The Hall–Kier alpha value is -0.410. The van der Waals surface area contributed by atoms with Crippen molar-refractivity contribution in [2.45, 2.75) is 51.4 Å². The van der Waals surface area contributed by atoms with Gasteiger partial charge in [0.05, 0.1) is 0 Å². The van der Waals surface area contributed by atoms with Gasteiger partial charge in [0.15, 0.2) is 0 Å². The second-order valence-electron chi connectivity index (χ2n) is 7.41. The predicted molar refractivity (Wildman–Crippen MR) is 81.8 cm³/mol. The van der Waals surface area contributed by atoms with Crippen LogP contribution in [-0.2, 0) is 4.79 Å². The number of rotatable bonds is 5. The summed E-state index contributed by atoms with van der Waals surface area (Å²) in [4.78, 5) is 16.7. The molecule has 0 aromatic rings. The fraction of sp³-hybridized carbons (Fsp3) is 0.941. The van der Waals surface area contributed by atoms with E-state index in [4.69, 9.17) is 0 Å². The maximum absolute atomic E-state index is 11.5. The number of nitrogens with zero attached hydrogens (tertiary/aromatic N) is 2. The highest BCUT2D eigenvalue weighted by atomic mass is 16.1. The summed E-state index contributed by atoms with van der Waals surface area (Å²) < 4.78 is 0. The lowest BCUT2D eigenvalue weighted by Crippen LogP contribution is -2.43. The highest BCUT2D eigenvalue weighted by Gasteiger charge is 2.36. The highest BCUT2D eigenvalue weighted by molar-refractivity contribution is 5.60. The first kappa shape index (κ1) is 14.5. The monoisotopic (exact) mass is 278 g/mol. The van der Waals surface area contributed by atoms with E-state index in [1.807, 2.05) is 0 Å². The molecule has 3 aliphatic rings. The number of likely N-dealkylation sites (tertiary alicyclic amines) is 2. The van der Waals surface area contributed by atoms with E-state index < -0.39 is 0 Å². The molecule has 2 aliphatic heterocycles. The van der Waals surface area contributed by atoms with Crippen molar-refractivity contribution in [2.24, 2.45) is 11.3 Å². The van der Waals surface area contributed by atoms with Gasteiger partial charge < -0.3 is 14.6 Å². The van der Waals surface area contributed by atoms with E-state index in [1.165, 1.54) is 77.5 Å². The molecule has 0 amide bonds. The van der Waals surface area contributed by atoms with Gasteiger partial charge in [-0.1, -0.05) is 12.8 Å². The van der Waals surface area contributed by atoms with Crippen molar-refractivity contribution >= 4 is 6.29 Å². The van der Waals surface area contributed by atoms with Crippen LogP contribution in [0.1, 0.15) is 51.4 Å². The molecule has 3 fully saturated rings. The van der Waals surface area contributed by atoms with Crippen LogP contribution >= 0.6 is 0 Å². The van der Waals surface area contributed by atoms with E-state index in [2.05, 4.69) is 9.80 Å². The van der Waals surface area contributed by atoms with Crippen LogP contribution in [0.4, 0.5) is 0 Å². The SMILES string of the molecule is O=CC1(CN2CCC(CN3CCCC3)CC2)CCCC1. The van der Waals surface area contributed by atoms with Crippen molar-refractivity contribution in [3.05, 3.63) is 0 Å². The van der Waals surface area contributed by atoms with Crippen LogP contribution < -0.4 is 0 Å². The minimum absolute atomic E-state index is 0.0157. The number of hydrogen-bond acceptors (Lipinski definition) is 3. The standard InChI is InChI=1S/C17H30N2O/c20-15-17(7-1-2-8-17)14-19-11-5-16(6-12-19)13-18-9-3-4-10-18/h15-16H,1-14H2. The molecular formula is C17H30N2O. The van der Waals surface area contributed by atoms with Crippen LogP contribution in [0, 0.1) is 11.3 Å². The minimum atomic E-state index is 0.0157. The van der Waals surface area contributed by atoms with Crippen LogP contribution in [0.3, 0.4) is 0 Å². The molecule has 0 unspecified atom stereocenters. The third-order valence-corrected chi connectivity index (χ3v) is 5.81. The van der Waals surface area contributed by atoms with Gasteiger partial charge in [0.1, 0.15) is 6.29 Å². The Labute approximate surface area is 123 Å². The topological polar surface area (TPSA) is 23.6 Å². The Balaban J connectivity index is 1.42. The molecule has 1 saturated carbocycles. The summed E-state index contributed by atoms with van der Waals surface area (Å²) in [7, 11) is 0.